The van der Waals surface area contributed by atoms with Crippen LogP contribution in [0, 0.1) is 11.8 Å². The van der Waals surface area contributed by atoms with Crippen molar-refractivity contribution in [1.29, 1.82) is 0 Å². The topological polar surface area (TPSA) is 38.8 Å². The zero-order valence-corrected chi connectivity index (χ0v) is 12.4. The van der Waals surface area contributed by atoms with Crippen LogP contribution in [-0.2, 0) is 14.3 Å². The quantitative estimate of drug-likeness (QED) is 0.735. The third kappa shape index (κ3) is 3.93. The smallest absolute Gasteiger partial charge is 0.308 e. The summed E-state index contributed by atoms with van der Waals surface area (Å²) < 4.78 is 10.4. The van der Waals surface area contributed by atoms with E-state index in [2.05, 4.69) is 18.7 Å². The molecule has 1 saturated heterocycles. The summed E-state index contributed by atoms with van der Waals surface area (Å²) in [6.07, 6.45) is 4.29. The Kier molecular flexibility index (Phi) is 5.22. The van der Waals surface area contributed by atoms with E-state index in [1.54, 1.807) is 0 Å². The molecule has 0 aromatic heterocycles. The number of hydrogen-bond acceptors (Lipinski definition) is 4. The van der Waals surface area contributed by atoms with Gasteiger partial charge >= 0.3 is 5.97 Å². The molecule has 1 aliphatic heterocycles. The van der Waals surface area contributed by atoms with Gasteiger partial charge in [0.05, 0.1) is 26.2 Å². The lowest BCUT2D eigenvalue weighted by molar-refractivity contribution is -0.146. The monoisotopic (exact) mass is 269 g/mol. The minimum Gasteiger partial charge on any atom is -0.469 e. The number of carbonyl (C=O) groups is 1. The van der Waals surface area contributed by atoms with Gasteiger partial charge in [0.1, 0.15) is 0 Å². The van der Waals surface area contributed by atoms with Gasteiger partial charge in [-0.3, -0.25) is 9.69 Å². The Morgan fingerprint density at radius 1 is 1.32 bits per heavy atom. The highest BCUT2D eigenvalue weighted by Gasteiger charge is 2.32. The Morgan fingerprint density at radius 3 is 2.79 bits per heavy atom. The van der Waals surface area contributed by atoms with Crippen LogP contribution in [0.4, 0.5) is 0 Å². The maximum atomic E-state index is 11.3. The minimum absolute atomic E-state index is 0.0101. The average Bonchev–Trinajstić information content (AvgIpc) is 2.42. The highest BCUT2D eigenvalue weighted by molar-refractivity contribution is 5.69. The van der Waals surface area contributed by atoms with E-state index in [9.17, 15) is 4.79 Å². The van der Waals surface area contributed by atoms with Gasteiger partial charge in [0.2, 0.25) is 0 Å². The van der Waals surface area contributed by atoms with Crippen molar-refractivity contribution in [2.75, 3.05) is 26.8 Å². The van der Waals surface area contributed by atoms with E-state index >= 15 is 0 Å². The van der Waals surface area contributed by atoms with Crippen LogP contribution < -0.4 is 0 Å². The normalized spacial score (nSPS) is 37.0. The molecule has 0 spiro atoms. The van der Waals surface area contributed by atoms with E-state index in [0.717, 1.165) is 31.5 Å². The highest BCUT2D eigenvalue weighted by Crippen LogP contribution is 2.32. The van der Waals surface area contributed by atoms with E-state index < -0.39 is 0 Å². The molecule has 0 bridgehead atoms. The molecule has 4 unspecified atom stereocenters. The van der Waals surface area contributed by atoms with E-state index in [-0.39, 0.29) is 12.1 Å². The Labute approximate surface area is 116 Å². The van der Waals surface area contributed by atoms with Crippen LogP contribution >= 0.6 is 0 Å². The molecule has 4 atom stereocenters. The third-order valence-electron chi connectivity index (χ3n) is 4.88. The zero-order valence-electron chi connectivity index (χ0n) is 12.4. The number of rotatable bonds is 3. The molecular weight excluding hydrogens is 242 g/mol. The first-order valence-electron chi connectivity index (χ1n) is 7.52. The molecule has 1 aliphatic carbocycles. The number of esters is 1. The largest absolute Gasteiger partial charge is 0.469 e. The second-order valence-corrected chi connectivity index (χ2v) is 6.19. The maximum absolute atomic E-state index is 11.3. The van der Waals surface area contributed by atoms with Crippen molar-refractivity contribution in [2.24, 2.45) is 11.8 Å². The average molecular weight is 269 g/mol. The molecule has 19 heavy (non-hydrogen) atoms. The van der Waals surface area contributed by atoms with Gasteiger partial charge in [-0.15, -0.1) is 0 Å². The number of ether oxygens (including phenoxy) is 2. The molecule has 2 fully saturated rings. The molecule has 0 aromatic carbocycles. The lowest BCUT2D eigenvalue weighted by Crippen LogP contribution is -2.50. The zero-order chi connectivity index (χ0) is 13.8. The number of carbonyl (C=O) groups excluding carboxylic acids is 1. The third-order valence-corrected chi connectivity index (χ3v) is 4.88. The number of hydrogen-bond donors (Lipinski definition) is 0. The van der Waals surface area contributed by atoms with Crippen molar-refractivity contribution in [2.45, 2.75) is 51.7 Å². The van der Waals surface area contributed by atoms with Crippen molar-refractivity contribution in [3.05, 3.63) is 0 Å². The van der Waals surface area contributed by atoms with Crippen LogP contribution in [-0.4, -0.2) is 49.8 Å². The van der Waals surface area contributed by atoms with Gasteiger partial charge in [0.25, 0.3) is 0 Å². The van der Waals surface area contributed by atoms with Gasteiger partial charge < -0.3 is 9.47 Å². The molecule has 0 aromatic rings. The standard InChI is InChI=1S/C15H27NO3/c1-11-4-5-13(8-12(11)2)16-6-7-19-14(10-16)9-15(17)18-3/h11-14H,4-10H2,1-3H3. The summed E-state index contributed by atoms with van der Waals surface area (Å²) in [6, 6.07) is 0.676. The van der Waals surface area contributed by atoms with Gasteiger partial charge in [0, 0.05) is 19.1 Å². The number of nitrogens with zero attached hydrogens (tertiary/aromatic N) is 1. The minimum atomic E-state index is -0.169. The molecule has 2 rings (SSSR count). The first kappa shape index (κ1) is 14.8. The molecule has 110 valence electrons. The van der Waals surface area contributed by atoms with Crippen molar-refractivity contribution in [3.8, 4) is 0 Å². The Hall–Kier alpha value is -0.610. The van der Waals surface area contributed by atoms with Crippen molar-refractivity contribution in [3.63, 3.8) is 0 Å². The molecule has 1 saturated carbocycles. The van der Waals surface area contributed by atoms with Crippen molar-refractivity contribution < 1.29 is 14.3 Å². The second kappa shape index (κ2) is 6.71. The van der Waals surface area contributed by atoms with E-state index in [4.69, 9.17) is 9.47 Å². The predicted molar refractivity (Wildman–Crippen MR) is 73.9 cm³/mol. The van der Waals surface area contributed by atoms with Crippen LogP contribution in [0.5, 0.6) is 0 Å². The molecule has 0 N–H and O–H groups in total. The molecule has 4 nitrogen and oxygen atoms in total. The SMILES string of the molecule is COC(=O)CC1CN(C2CCC(C)C(C)C2)CCO1. The fraction of sp³-hybridized carbons (Fsp3) is 0.933. The molecule has 2 aliphatic rings. The Morgan fingerprint density at radius 2 is 2.11 bits per heavy atom. The summed E-state index contributed by atoms with van der Waals surface area (Å²) >= 11 is 0. The lowest BCUT2D eigenvalue weighted by atomic mass is 9.78. The maximum Gasteiger partial charge on any atom is 0.308 e. The van der Waals surface area contributed by atoms with Gasteiger partial charge in [-0.05, 0) is 31.1 Å². The second-order valence-electron chi connectivity index (χ2n) is 6.19. The van der Waals surface area contributed by atoms with Gasteiger partial charge in [-0.25, -0.2) is 0 Å². The van der Waals surface area contributed by atoms with E-state index in [1.165, 1.54) is 26.4 Å². The predicted octanol–water partition coefficient (Wildman–Crippen LogP) is 2.07. The number of methoxy groups -OCH3 is 1. The fourth-order valence-corrected chi connectivity index (χ4v) is 3.32. The summed E-state index contributed by atoms with van der Waals surface area (Å²) in [5.74, 6) is 1.49. The molecular formula is C15H27NO3. The molecule has 1 heterocycles. The van der Waals surface area contributed by atoms with Crippen LogP contribution in [0.1, 0.15) is 39.5 Å². The van der Waals surface area contributed by atoms with E-state index in [1.807, 2.05) is 0 Å². The summed E-state index contributed by atoms with van der Waals surface area (Å²) in [5, 5.41) is 0. The molecule has 4 heteroatoms. The van der Waals surface area contributed by atoms with Crippen LogP contribution in [0.3, 0.4) is 0 Å². The van der Waals surface area contributed by atoms with Gasteiger partial charge in [0.15, 0.2) is 0 Å². The first-order valence-corrected chi connectivity index (χ1v) is 7.52. The molecule has 0 radical (unpaired) electrons. The van der Waals surface area contributed by atoms with Crippen molar-refractivity contribution in [1.82, 2.24) is 4.90 Å². The number of morpholine rings is 1. The summed E-state index contributed by atoms with van der Waals surface area (Å²) in [5.41, 5.74) is 0. The first-order chi connectivity index (χ1) is 9.10. The van der Waals surface area contributed by atoms with Gasteiger partial charge in [-0.1, -0.05) is 13.8 Å². The van der Waals surface area contributed by atoms with Gasteiger partial charge in [-0.2, -0.15) is 0 Å². The Bertz CT molecular complexity index is 308. The molecule has 0 amide bonds. The Balaban J connectivity index is 1.85. The lowest BCUT2D eigenvalue weighted by Gasteiger charge is -2.42. The van der Waals surface area contributed by atoms with Crippen LogP contribution in [0.2, 0.25) is 0 Å². The summed E-state index contributed by atoms with van der Waals surface area (Å²) in [6.45, 7) is 7.34. The fourth-order valence-electron chi connectivity index (χ4n) is 3.32. The summed E-state index contributed by atoms with van der Waals surface area (Å²) in [4.78, 5) is 13.9. The van der Waals surface area contributed by atoms with Crippen LogP contribution in [0.15, 0.2) is 0 Å². The highest BCUT2D eigenvalue weighted by atomic mass is 16.5. The van der Waals surface area contributed by atoms with Crippen molar-refractivity contribution >= 4 is 5.97 Å². The summed E-state index contributed by atoms with van der Waals surface area (Å²) in [7, 11) is 1.44. The van der Waals surface area contributed by atoms with Crippen LogP contribution in [0.25, 0.3) is 0 Å². The van der Waals surface area contributed by atoms with E-state index in [0.29, 0.717) is 12.5 Å².